The van der Waals surface area contributed by atoms with E-state index in [-0.39, 0.29) is 5.91 Å². The van der Waals surface area contributed by atoms with E-state index >= 15 is 0 Å². The van der Waals surface area contributed by atoms with Gasteiger partial charge in [-0.1, -0.05) is 0 Å². The molecule has 5 heteroatoms. The zero-order chi connectivity index (χ0) is 11.1. The molecule has 15 heavy (non-hydrogen) atoms. The highest BCUT2D eigenvalue weighted by molar-refractivity contribution is 7.98. The number of rotatable bonds is 6. The molecule has 2 nitrogen and oxygen atoms in total. The molecular weight excluding hydrogens is 246 g/mol. The Balaban J connectivity index is 2.19. The van der Waals surface area contributed by atoms with Gasteiger partial charge in [0.05, 0.1) is 4.88 Å². The summed E-state index contributed by atoms with van der Waals surface area (Å²) in [5.41, 5.74) is 0. The molecule has 0 fully saturated rings. The van der Waals surface area contributed by atoms with Gasteiger partial charge in [-0.25, -0.2) is 0 Å². The number of thiol groups is 1. The second kappa shape index (κ2) is 7.19. The van der Waals surface area contributed by atoms with Gasteiger partial charge in [-0.15, -0.1) is 24.0 Å². The first-order chi connectivity index (χ1) is 7.24. The Morgan fingerprint density at radius 1 is 1.60 bits per heavy atom. The number of unbranched alkanes of at least 4 members (excludes halogenated alkanes) is 1. The van der Waals surface area contributed by atoms with Gasteiger partial charge in [-0.2, -0.15) is 11.8 Å². The quantitative estimate of drug-likeness (QED) is 0.609. The minimum atomic E-state index is 0.0180. The van der Waals surface area contributed by atoms with E-state index in [0.717, 1.165) is 34.9 Å². The SMILES string of the molecule is CSCCCCNC(=O)c1cc(S)cs1. The molecule has 1 rings (SSSR count). The summed E-state index contributed by atoms with van der Waals surface area (Å²) in [4.78, 5) is 13.1. The van der Waals surface area contributed by atoms with Crippen molar-refractivity contribution in [1.82, 2.24) is 5.32 Å². The van der Waals surface area contributed by atoms with Crippen molar-refractivity contribution in [3.05, 3.63) is 16.3 Å². The lowest BCUT2D eigenvalue weighted by Gasteiger charge is -2.02. The molecule has 84 valence electrons. The van der Waals surface area contributed by atoms with Crippen LogP contribution in [0.4, 0.5) is 0 Å². The highest BCUT2D eigenvalue weighted by Gasteiger charge is 2.06. The lowest BCUT2D eigenvalue weighted by Crippen LogP contribution is -2.23. The van der Waals surface area contributed by atoms with Gasteiger partial charge in [0.25, 0.3) is 5.91 Å². The van der Waals surface area contributed by atoms with Crippen LogP contribution in [-0.4, -0.2) is 24.5 Å². The molecule has 0 aliphatic rings. The summed E-state index contributed by atoms with van der Waals surface area (Å²) in [5, 5.41) is 4.77. The standard InChI is InChI=1S/C10H15NOS3/c1-14-5-3-2-4-11-10(12)9-6-8(13)7-15-9/h6-7,13H,2-5H2,1H3,(H,11,12). The predicted molar refractivity (Wildman–Crippen MR) is 71.5 cm³/mol. The number of carbonyl (C=O) groups excluding carboxylic acids is 1. The zero-order valence-corrected chi connectivity index (χ0v) is 11.2. The van der Waals surface area contributed by atoms with Gasteiger partial charge in [-0.3, -0.25) is 4.79 Å². The molecule has 0 saturated heterocycles. The van der Waals surface area contributed by atoms with Gasteiger partial charge >= 0.3 is 0 Å². The first-order valence-corrected chi connectivity index (χ1v) is 7.50. The van der Waals surface area contributed by atoms with Crippen LogP contribution in [0, 0.1) is 0 Å². The first kappa shape index (κ1) is 12.9. The molecule has 0 aliphatic carbocycles. The number of amides is 1. The van der Waals surface area contributed by atoms with Gasteiger partial charge in [-0.05, 0) is 30.9 Å². The molecule has 1 amide bonds. The van der Waals surface area contributed by atoms with E-state index in [9.17, 15) is 4.79 Å². The van der Waals surface area contributed by atoms with Crippen LogP contribution in [-0.2, 0) is 0 Å². The van der Waals surface area contributed by atoms with Gasteiger partial charge in [0.2, 0.25) is 0 Å². The first-order valence-electron chi connectivity index (χ1n) is 4.78. The Hall–Kier alpha value is -0.130. The van der Waals surface area contributed by atoms with Crippen LogP contribution in [0.3, 0.4) is 0 Å². The second-order valence-corrected chi connectivity index (χ2v) is 5.54. The summed E-state index contributed by atoms with van der Waals surface area (Å²) in [6.07, 6.45) is 4.30. The second-order valence-electron chi connectivity index (χ2n) is 3.12. The van der Waals surface area contributed by atoms with Crippen molar-refractivity contribution < 1.29 is 4.79 Å². The Labute approximate surface area is 104 Å². The zero-order valence-electron chi connectivity index (χ0n) is 8.66. The maximum absolute atomic E-state index is 11.6. The van der Waals surface area contributed by atoms with Crippen LogP contribution in [0.15, 0.2) is 16.3 Å². The molecule has 0 aliphatic heterocycles. The van der Waals surface area contributed by atoms with Crippen LogP contribution in [0.25, 0.3) is 0 Å². The van der Waals surface area contributed by atoms with Crippen molar-refractivity contribution >= 4 is 41.6 Å². The number of nitrogens with one attached hydrogen (secondary N) is 1. The minimum Gasteiger partial charge on any atom is -0.351 e. The molecule has 0 spiro atoms. The fraction of sp³-hybridized carbons (Fsp3) is 0.500. The third-order valence-corrected chi connectivity index (χ3v) is 3.93. The molecule has 0 atom stereocenters. The summed E-state index contributed by atoms with van der Waals surface area (Å²) in [6, 6.07) is 1.80. The lowest BCUT2D eigenvalue weighted by molar-refractivity contribution is 0.0957. The van der Waals surface area contributed by atoms with E-state index in [0.29, 0.717) is 0 Å². The molecule has 0 aromatic carbocycles. The predicted octanol–water partition coefficient (Wildman–Crippen LogP) is 2.91. The van der Waals surface area contributed by atoms with Gasteiger partial charge in [0, 0.05) is 16.8 Å². The van der Waals surface area contributed by atoms with Gasteiger partial charge < -0.3 is 5.32 Å². The highest BCUT2D eigenvalue weighted by atomic mass is 32.2. The van der Waals surface area contributed by atoms with Gasteiger partial charge in [0.1, 0.15) is 0 Å². The lowest BCUT2D eigenvalue weighted by atomic mass is 10.3. The average molecular weight is 261 g/mol. The summed E-state index contributed by atoms with van der Waals surface area (Å²) < 4.78 is 0. The third kappa shape index (κ3) is 4.95. The minimum absolute atomic E-state index is 0.0180. The van der Waals surface area contributed by atoms with E-state index in [4.69, 9.17) is 0 Å². The van der Waals surface area contributed by atoms with Crippen LogP contribution < -0.4 is 5.32 Å². The monoisotopic (exact) mass is 261 g/mol. The molecule has 1 N–H and O–H groups in total. The number of hydrogen-bond donors (Lipinski definition) is 2. The molecule has 1 heterocycles. The maximum Gasteiger partial charge on any atom is 0.261 e. The molecule has 1 aromatic rings. The van der Waals surface area contributed by atoms with Crippen molar-refractivity contribution in [3.63, 3.8) is 0 Å². The summed E-state index contributed by atoms with van der Waals surface area (Å²) >= 11 is 7.44. The van der Waals surface area contributed by atoms with Crippen LogP contribution >= 0.6 is 35.7 Å². The van der Waals surface area contributed by atoms with Crippen molar-refractivity contribution in [1.29, 1.82) is 0 Å². The molecule has 0 radical (unpaired) electrons. The van der Waals surface area contributed by atoms with Crippen molar-refractivity contribution in [2.45, 2.75) is 17.7 Å². The number of hydrogen-bond acceptors (Lipinski definition) is 4. The Bertz CT molecular complexity index is 311. The van der Waals surface area contributed by atoms with Crippen molar-refractivity contribution in [2.24, 2.45) is 0 Å². The number of carbonyl (C=O) groups is 1. The highest BCUT2D eigenvalue weighted by Crippen LogP contribution is 2.17. The van der Waals surface area contributed by atoms with E-state index in [1.807, 2.05) is 17.1 Å². The fourth-order valence-electron chi connectivity index (χ4n) is 1.11. The number of thiophene rings is 1. The molecule has 1 aromatic heterocycles. The van der Waals surface area contributed by atoms with E-state index in [1.165, 1.54) is 11.3 Å². The topological polar surface area (TPSA) is 29.1 Å². The molecule has 0 bridgehead atoms. The Morgan fingerprint density at radius 2 is 2.40 bits per heavy atom. The van der Waals surface area contributed by atoms with Crippen molar-refractivity contribution in [3.8, 4) is 0 Å². The van der Waals surface area contributed by atoms with Gasteiger partial charge in [0.15, 0.2) is 0 Å². The fourth-order valence-corrected chi connectivity index (χ4v) is 2.66. The Kier molecular flexibility index (Phi) is 6.20. The summed E-state index contributed by atoms with van der Waals surface area (Å²) in [5.74, 6) is 1.18. The third-order valence-electron chi connectivity index (χ3n) is 1.87. The average Bonchev–Trinajstić information content (AvgIpc) is 2.64. The van der Waals surface area contributed by atoms with Crippen LogP contribution in [0.2, 0.25) is 0 Å². The maximum atomic E-state index is 11.6. The van der Waals surface area contributed by atoms with Crippen LogP contribution in [0.1, 0.15) is 22.5 Å². The molecular formula is C10H15NOS3. The van der Waals surface area contributed by atoms with Crippen molar-refractivity contribution in [2.75, 3.05) is 18.6 Å². The molecule has 0 saturated carbocycles. The van der Waals surface area contributed by atoms with E-state index < -0.39 is 0 Å². The van der Waals surface area contributed by atoms with E-state index in [1.54, 1.807) is 6.07 Å². The molecule has 0 unspecified atom stereocenters. The summed E-state index contributed by atoms with van der Waals surface area (Å²) in [7, 11) is 0. The largest absolute Gasteiger partial charge is 0.351 e. The number of thioether (sulfide) groups is 1. The van der Waals surface area contributed by atoms with Crippen LogP contribution in [0.5, 0.6) is 0 Å². The smallest absolute Gasteiger partial charge is 0.261 e. The normalized spacial score (nSPS) is 10.3. The Morgan fingerprint density at radius 3 is 3.00 bits per heavy atom. The van der Waals surface area contributed by atoms with E-state index in [2.05, 4.69) is 24.2 Å². The summed E-state index contributed by atoms with van der Waals surface area (Å²) in [6.45, 7) is 0.763.